The smallest absolute Gasteiger partial charge is 0.329 e. The van der Waals surface area contributed by atoms with Gasteiger partial charge in [-0.2, -0.15) is 0 Å². The molecule has 4 heteroatoms. The summed E-state index contributed by atoms with van der Waals surface area (Å²) in [6.45, 7) is 5.67. The molecule has 1 fully saturated rings. The monoisotopic (exact) mass is 299 g/mol. The maximum atomic E-state index is 12.3. The number of likely N-dealkylation sites (N-methyl/N-ethyl adjacent to an activating group) is 1. The van der Waals surface area contributed by atoms with E-state index >= 15 is 0 Å². The van der Waals surface area contributed by atoms with Crippen LogP contribution in [0.25, 0.3) is 0 Å². The lowest BCUT2D eigenvalue weighted by Gasteiger charge is -2.31. The van der Waals surface area contributed by atoms with E-state index in [1.165, 1.54) is 32.1 Å². The molecule has 0 aliphatic heterocycles. The number of unbranched alkanes of at least 4 members (excludes halogenated alkanes) is 5. The van der Waals surface area contributed by atoms with Crippen molar-refractivity contribution in [3.8, 4) is 0 Å². The van der Waals surface area contributed by atoms with Crippen LogP contribution in [0.1, 0.15) is 65.2 Å². The third-order valence-electron chi connectivity index (χ3n) is 4.33. The van der Waals surface area contributed by atoms with Gasteiger partial charge < -0.3 is 14.8 Å². The van der Waals surface area contributed by atoms with E-state index in [1.54, 1.807) is 0 Å². The molecule has 0 spiro atoms. The lowest BCUT2D eigenvalue weighted by molar-refractivity contribution is -0.155. The van der Waals surface area contributed by atoms with Crippen molar-refractivity contribution in [1.29, 1.82) is 0 Å². The number of rotatable bonds is 13. The predicted molar refractivity (Wildman–Crippen MR) is 85.3 cm³/mol. The summed E-state index contributed by atoms with van der Waals surface area (Å²) in [5.74, 6) is 0.212. The van der Waals surface area contributed by atoms with E-state index in [1.807, 2.05) is 14.0 Å². The van der Waals surface area contributed by atoms with Gasteiger partial charge in [-0.3, -0.25) is 0 Å². The molecule has 1 aliphatic carbocycles. The van der Waals surface area contributed by atoms with Gasteiger partial charge in [0.15, 0.2) is 0 Å². The Morgan fingerprint density at radius 3 is 2.38 bits per heavy atom. The van der Waals surface area contributed by atoms with Crippen LogP contribution >= 0.6 is 0 Å². The second-order valence-electron chi connectivity index (χ2n) is 6.04. The van der Waals surface area contributed by atoms with E-state index in [4.69, 9.17) is 9.47 Å². The van der Waals surface area contributed by atoms with E-state index in [0.717, 1.165) is 25.9 Å². The van der Waals surface area contributed by atoms with Crippen LogP contribution in [0.2, 0.25) is 0 Å². The molecule has 0 aromatic rings. The molecule has 1 saturated carbocycles. The fourth-order valence-electron chi connectivity index (χ4n) is 2.78. The van der Waals surface area contributed by atoms with Crippen LogP contribution < -0.4 is 5.32 Å². The van der Waals surface area contributed by atoms with Crippen molar-refractivity contribution in [3.63, 3.8) is 0 Å². The Hall–Kier alpha value is -0.610. The minimum atomic E-state index is -0.627. The predicted octanol–water partition coefficient (Wildman–Crippen LogP) is 3.29. The Labute approximate surface area is 130 Å². The van der Waals surface area contributed by atoms with Gasteiger partial charge in [0.1, 0.15) is 5.54 Å². The largest absolute Gasteiger partial charge is 0.465 e. The summed E-state index contributed by atoms with van der Waals surface area (Å²) >= 11 is 0. The quantitative estimate of drug-likeness (QED) is 0.419. The number of nitrogens with one attached hydrogen (secondary N) is 1. The lowest BCUT2D eigenvalue weighted by Crippen LogP contribution is -2.57. The van der Waals surface area contributed by atoms with Gasteiger partial charge in [0.25, 0.3) is 0 Å². The van der Waals surface area contributed by atoms with E-state index < -0.39 is 5.54 Å². The summed E-state index contributed by atoms with van der Waals surface area (Å²) in [7, 11) is 1.84. The second kappa shape index (κ2) is 10.2. The van der Waals surface area contributed by atoms with Gasteiger partial charge in [-0.05, 0) is 39.2 Å². The van der Waals surface area contributed by atoms with Gasteiger partial charge in [-0.15, -0.1) is 0 Å². The highest BCUT2D eigenvalue weighted by molar-refractivity contribution is 5.82. The molecular formula is C17H33NO3. The highest BCUT2D eigenvalue weighted by atomic mass is 16.5. The normalized spacial score (nSPS) is 17.5. The molecule has 1 atom stereocenters. The average Bonchev–Trinajstić information content (AvgIpc) is 3.31. The second-order valence-corrected chi connectivity index (χ2v) is 6.04. The molecule has 0 amide bonds. The van der Waals surface area contributed by atoms with Gasteiger partial charge in [0, 0.05) is 6.61 Å². The first-order valence-corrected chi connectivity index (χ1v) is 8.65. The fourth-order valence-corrected chi connectivity index (χ4v) is 2.78. The van der Waals surface area contributed by atoms with Gasteiger partial charge in [0.2, 0.25) is 0 Å². The summed E-state index contributed by atoms with van der Waals surface area (Å²) in [4.78, 5) is 12.3. The molecular weight excluding hydrogens is 266 g/mol. The highest BCUT2D eigenvalue weighted by Gasteiger charge is 2.51. The van der Waals surface area contributed by atoms with Crippen molar-refractivity contribution < 1.29 is 14.3 Å². The Morgan fingerprint density at radius 2 is 1.81 bits per heavy atom. The van der Waals surface area contributed by atoms with Gasteiger partial charge in [0.05, 0.1) is 13.2 Å². The zero-order valence-corrected chi connectivity index (χ0v) is 14.1. The Morgan fingerprint density at radius 1 is 1.14 bits per heavy atom. The minimum Gasteiger partial charge on any atom is -0.465 e. The summed E-state index contributed by atoms with van der Waals surface area (Å²) in [5, 5.41) is 3.18. The number of hydrogen-bond acceptors (Lipinski definition) is 4. The summed E-state index contributed by atoms with van der Waals surface area (Å²) in [5.41, 5.74) is -0.627. The standard InChI is InChI=1S/C17H33NO3/c1-4-6-7-8-9-10-13-20-14-17(18-3,15-11-12-15)16(19)21-5-2/h15,18H,4-14H2,1-3H3. The van der Waals surface area contributed by atoms with Crippen LogP contribution in [0.5, 0.6) is 0 Å². The van der Waals surface area contributed by atoms with E-state index in [0.29, 0.717) is 19.1 Å². The molecule has 1 unspecified atom stereocenters. The molecule has 0 aromatic carbocycles. The Kier molecular flexibility index (Phi) is 8.93. The average molecular weight is 299 g/mol. The first kappa shape index (κ1) is 18.4. The molecule has 124 valence electrons. The summed E-state index contributed by atoms with van der Waals surface area (Å²) < 4.78 is 11.0. The molecule has 0 saturated heterocycles. The van der Waals surface area contributed by atoms with Crippen LogP contribution in [0.15, 0.2) is 0 Å². The van der Waals surface area contributed by atoms with Crippen LogP contribution in [0.4, 0.5) is 0 Å². The van der Waals surface area contributed by atoms with E-state index in [-0.39, 0.29) is 5.97 Å². The van der Waals surface area contributed by atoms with Gasteiger partial charge in [-0.25, -0.2) is 4.79 Å². The number of ether oxygens (including phenoxy) is 2. The molecule has 0 aromatic heterocycles. The molecule has 1 aliphatic rings. The topological polar surface area (TPSA) is 47.6 Å². The third kappa shape index (κ3) is 5.95. The zero-order chi connectivity index (χ0) is 15.6. The molecule has 0 bridgehead atoms. The third-order valence-corrected chi connectivity index (χ3v) is 4.33. The molecule has 0 radical (unpaired) electrons. The molecule has 0 heterocycles. The van der Waals surface area contributed by atoms with Crippen molar-refractivity contribution in [1.82, 2.24) is 5.32 Å². The van der Waals surface area contributed by atoms with Crippen LogP contribution in [-0.2, 0) is 14.3 Å². The van der Waals surface area contributed by atoms with Crippen molar-refractivity contribution >= 4 is 5.97 Å². The molecule has 4 nitrogen and oxygen atoms in total. The Bertz CT molecular complexity index is 292. The van der Waals surface area contributed by atoms with Crippen LogP contribution in [-0.4, -0.2) is 38.4 Å². The number of carbonyl (C=O) groups excluding carboxylic acids is 1. The SMILES string of the molecule is CCCCCCCCOCC(NC)(C(=O)OCC)C1CC1. The lowest BCUT2D eigenvalue weighted by atomic mass is 9.94. The van der Waals surface area contributed by atoms with Crippen molar-refractivity contribution in [2.75, 3.05) is 26.9 Å². The molecule has 1 rings (SSSR count). The van der Waals surface area contributed by atoms with E-state index in [9.17, 15) is 4.79 Å². The van der Waals surface area contributed by atoms with Crippen molar-refractivity contribution in [2.24, 2.45) is 5.92 Å². The van der Waals surface area contributed by atoms with Gasteiger partial charge >= 0.3 is 5.97 Å². The van der Waals surface area contributed by atoms with Gasteiger partial charge in [-0.1, -0.05) is 39.0 Å². The fraction of sp³-hybridized carbons (Fsp3) is 0.941. The van der Waals surface area contributed by atoms with Crippen LogP contribution in [0.3, 0.4) is 0 Å². The zero-order valence-electron chi connectivity index (χ0n) is 14.1. The number of carbonyl (C=O) groups is 1. The minimum absolute atomic E-state index is 0.155. The first-order valence-electron chi connectivity index (χ1n) is 8.65. The summed E-state index contributed by atoms with van der Waals surface area (Å²) in [6, 6.07) is 0. The maximum Gasteiger partial charge on any atom is 0.329 e. The highest BCUT2D eigenvalue weighted by Crippen LogP contribution is 2.40. The van der Waals surface area contributed by atoms with Crippen LogP contribution in [0, 0.1) is 5.92 Å². The van der Waals surface area contributed by atoms with Crippen molar-refractivity contribution in [2.45, 2.75) is 70.8 Å². The Balaban J connectivity index is 2.26. The summed E-state index contributed by atoms with van der Waals surface area (Å²) in [6.07, 6.45) is 9.68. The molecule has 21 heavy (non-hydrogen) atoms. The van der Waals surface area contributed by atoms with E-state index in [2.05, 4.69) is 12.2 Å². The number of hydrogen-bond donors (Lipinski definition) is 1. The first-order chi connectivity index (χ1) is 10.2. The number of esters is 1. The molecule has 1 N–H and O–H groups in total. The van der Waals surface area contributed by atoms with Crippen molar-refractivity contribution in [3.05, 3.63) is 0 Å². The maximum absolute atomic E-state index is 12.3.